The molecule has 0 aliphatic rings. The second-order valence-corrected chi connectivity index (χ2v) is 7.08. The van der Waals surface area contributed by atoms with E-state index in [-0.39, 0.29) is 5.88 Å². The molecular weight excluding hydrogens is 270 g/mol. The number of sulfonamides is 1. The summed E-state index contributed by atoms with van der Waals surface area (Å²) in [5, 5.41) is 0. The van der Waals surface area contributed by atoms with Gasteiger partial charge in [0.15, 0.2) is 0 Å². The van der Waals surface area contributed by atoms with E-state index in [1.54, 1.807) is 31.3 Å². The Morgan fingerprint density at radius 2 is 1.83 bits per heavy atom. The smallest absolute Gasteiger partial charge is 0.207 e. The van der Waals surface area contributed by atoms with Crippen LogP contribution < -0.4 is 0 Å². The summed E-state index contributed by atoms with van der Waals surface area (Å²) >= 11 is 5.81. The topological polar surface area (TPSA) is 37.4 Å². The van der Waals surface area contributed by atoms with Crippen LogP contribution in [0, 0.1) is 0 Å². The van der Waals surface area contributed by atoms with Gasteiger partial charge in [0.25, 0.3) is 0 Å². The number of hydrogen-bond donors (Lipinski definition) is 0. The standard InChI is InChI=1S/C13H20ClNO2S/c1-5-13(2,3)15(4)18(16,17)12-9-7-6-8-11(12)10-14/h6-9H,5,10H2,1-4H3. The molecule has 0 aliphatic carbocycles. The Morgan fingerprint density at radius 1 is 1.28 bits per heavy atom. The number of nitrogens with zero attached hydrogens (tertiary/aromatic N) is 1. The van der Waals surface area contributed by atoms with Gasteiger partial charge in [-0.05, 0) is 31.9 Å². The molecule has 1 rings (SSSR count). The number of rotatable bonds is 5. The van der Waals surface area contributed by atoms with E-state index in [1.165, 1.54) is 4.31 Å². The molecule has 1 aromatic carbocycles. The molecule has 0 atom stereocenters. The maximum absolute atomic E-state index is 12.6. The van der Waals surface area contributed by atoms with Crippen LogP contribution in [0.3, 0.4) is 0 Å². The Labute approximate surface area is 115 Å². The van der Waals surface area contributed by atoms with Gasteiger partial charge in [0, 0.05) is 18.5 Å². The van der Waals surface area contributed by atoms with Crippen molar-refractivity contribution >= 4 is 21.6 Å². The van der Waals surface area contributed by atoms with Crippen LogP contribution in [0.5, 0.6) is 0 Å². The molecule has 0 heterocycles. The number of alkyl halides is 1. The SMILES string of the molecule is CCC(C)(C)N(C)S(=O)(=O)c1ccccc1CCl. The van der Waals surface area contributed by atoms with Crippen molar-refractivity contribution in [2.75, 3.05) is 7.05 Å². The zero-order valence-corrected chi connectivity index (χ0v) is 12.8. The first-order chi connectivity index (χ1) is 8.27. The van der Waals surface area contributed by atoms with Crippen LogP contribution in [0.4, 0.5) is 0 Å². The van der Waals surface area contributed by atoms with E-state index in [2.05, 4.69) is 0 Å². The maximum Gasteiger partial charge on any atom is 0.243 e. The van der Waals surface area contributed by atoms with E-state index >= 15 is 0 Å². The Balaban J connectivity index is 3.30. The van der Waals surface area contributed by atoms with E-state index in [0.717, 1.165) is 6.42 Å². The molecule has 0 amide bonds. The summed E-state index contributed by atoms with van der Waals surface area (Å²) in [7, 11) is -1.89. The van der Waals surface area contributed by atoms with Crippen molar-refractivity contribution in [3.63, 3.8) is 0 Å². The molecule has 0 saturated carbocycles. The summed E-state index contributed by atoms with van der Waals surface area (Å²) in [6.45, 7) is 5.79. The molecule has 0 bridgehead atoms. The first-order valence-corrected chi connectivity index (χ1v) is 7.87. The molecule has 18 heavy (non-hydrogen) atoms. The highest BCUT2D eigenvalue weighted by molar-refractivity contribution is 7.89. The predicted molar refractivity (Wildman–Crippen MR) is 75.3 cm³/mol. The third-order valence-corrected chi connectivity index (χ3v) is 5.93. The fourth-order valence-corrected chi connectivity index (χ4v) is 3.67. The lowest BCUT2D eigenvalue weighted by molar-refractivity contribution is 0.257. The lowest BCUT2D eigenvalue weighted by atomic mass is 10.0. The Hall–Kier alpha value is -0.580. The number of halogens is 1. The largest absolute Gasteiger partial charge is 0.243 e. The van der Waals surface area contributed by atoms with Crippen LogP contribution >= 0.6 is 11.6 Å². The molecule has 0 saturated heterocycles. The van der Waals surface area contributed by atoms with Gasteiger partial charge in [0.05, 0.1) is 4.90 Å². The van der Waals surface area contributed by atoms with Crippen LogP contribution in [0.2, 0.25) is 0 Å². The first kappa shape index (κ1) is 15.5. The predicted octanol–water partition coefficient (Wildman–Crippen LogP) is 3.23. The summed E-state index contributed by atoms with van der Waals surface area (Å²) < 4.78 is 26.6. The van der Waals surface area contributed by atoms with Gasteiger partial charge in [-0.3, -0.25) is 0 Å². The zero-order chi connectivity index (χ0) is 14.0. The van der Waals surface area contributed by atoms with Crippen molar-refractivity contribution < 1.29 is 8.42 Å². The summed E-state index contributed by atoms with van der Waals surface area (Å²) in [5.41, 5.74) is 0.219. The van der Waals surface area contributed by atoms with Gasteiger partial charge >= 0.3 is 0 Å². The molecule has 0 unspecified atom stereocenters. The zero-order valence-electron chi connectivity index (χ0n) is 11.3. The van der Waals surface area contributed by atoms with Gasteiger partial charge in [0.2, 0.25) is 10.0 Å². The minimum atomic E-state index is -3.50. The van der Waals surface area contributed by atoms with Crippen molar-refractivity contribution in [1.82, 2.24) is 4.31 Å². The van der Waals surface area contributed by atoms with Gasteiger partial charge in [-0.25, -0.2) is 8.42 Å². The highest BCUT2D eigenvalue weighted by Gasteiger charge is 2.33. The van der Waals surface area contributed by atoms with Crippen molar-refractivity contribution in [3.8, 4) is 0 Å². The van der Waals surface area contributed by atoms with Crippen molar-refractivity contribution in [2.24, 2.45) is 0 Å². The fraction of sp³-hybridized carbons (Fsp3) is 0.538. The van der Waals surface area contributed by atoms with Crippen LogP contribution in [0.25, 0.3) is 0 Å². The first-order valence-electron chi connectivity index (χ1n) is 5.90. The van der Waals surface area contributed by atoms with E-state index in [0.29, 0.717) is 10.5 Å². The Bertz CT molecular complexity index is 511. The quantitative estimate of drug-likeness (QED) is 0.781. The Kier molecular flexibility index (Phi) is 4.81. The van der Waals surface area contributed by atoms with Crippen LogP contribution in [0.1, 0.15) is 32.8 Å². The minimum Gasteiger partial charge on any atom is -0.207 e. The summed E-state index contributed by atoms with van der Waals surface area (Å²) in [4.78, 5) is 0.295. The van der Waals surface area contributed by atoms with E-state index < -0.39 is 15.6 Å². The molecular formula is C13H20ClNO2S. The second-order valence-electron chi connectivity index (χ2n) is 4.88. The molecule has 0 N–H and O–H groups in total. The molecule has 102 valence electrons. The molecule has 3 nitrogen and oxygen atoms in total. The van der Waals surface area contributed by atoms with Crippen LogP contribution in [-0.4, -0.2) is 25.3 Å². The van der Waals surface area contributed by atoms with Gasteiger partial charge in [-0.15, -0.1) is 11.6 Å². The Morgan fingerprint density at radius 3 is 2.33 bits per heavy atom. The van der Waals surface area contributed by atoms with E-state index in [1.807, 2.05) is 20.8 Å². The van der Waals surface area contributed by atoms with Gasteiger partial charge in [-0.2, -0.15) is 4.31 Å². The number of hydrogen-bond acceptors (Lipinski definition) is 2. The third-order valence-electron chi connectivity index (χ3n) is 3.47. The molecule has 0 radical (unpaired) electrons. The van der Waals surface area contributed by atoms with Crippen LogP contribution in [0.15, 0.2) is 29.2 Å². The summed E-state index contributed by atoms with van der Waals surface area (Å²) in [6.07, 6.45) is 0.742. The van der Waals surface area contributed by atoms with Gasteiger partial charge < -0.3 is 0 Å². The fourth-order valence-electron chi connectivity index (χ4n) is 1.56. The van der Waals surface area contributed by atoms with Crippen molar-refractivity contribution in [2.45, 2.75) is 43.5 Å². The second kappa shape index (κ2) is 5.59. The normalized spacial score (nSPS) is 13.0. The lowest BCUT2D eigenvalue weighted by Crippen LogP contribution is -2.44. The average Bonchev–Trinajstić information content (AvgIpc) is 2.37. The highest BCUT2D eigenvalue weighted by atomic mass is 35.5. The molecule has 0 aromatic heterocycles. The molecule has 5 heteroatoms. The van der Waals surface area contributed by atoms with E-state index in [4.69, 9.17) is 11.6 Å². The van der Waals surface area contributed by atoms with Gasteiger partial charge in [-0.1, -0.05) is 25.1 Å². The monoisotopic (exact) mass is 289 g/mol. The summed E-state index contributed by atoms with van der Waals surface area (Å²) in [6, 6.07) is 6.86. The number of benzene rings is 1. The lowest BCUT2D eigenvalue weighted by Gasteiger charge is -2.34. The van der Waals surface area contributed by atoms with E-state index in [9.17, 15) is 8.42 Å². The van der Waals surface area contributed by atoms with Crippen LogP contribution in [-0.2, 0) is 15.9 Å². The third kappa shape index (κ3) is 2.87. The average molecular weight is 290 g/mol. The molecule has 0 spiro atoms. The minimum absolute atomic E-state index is 0.190. The maximum atomic E-state index is 12.6. The van der Waals surface area contributed by atoms with Gasteiger partial charge in [0.1, 0.15) is 0 Å². The molecule has 0 fully saturated rings. The molecule has 0 aliphatic heterocycles. The summed E-state index contributed by atoms with van der Waals surface area (Å²) in [5.74, 6) is 0.190. The highest BCUT2D eigenvalue weighted by Crippen LogP contribution is 2.27. The van der Waals surface area contributed by atoms with Crippen molar-refractivity contribution in [1.29, 1.82) is 0 Å². The van der Waals surface area contributed by atoms with Crippen molar-refractivity contribution in [3.05, 3.63) is 29.8 Å². The molecule has 1 aromatic rings.